The predicted octanol–water partition coefficient (Wildman–Crippen LogP) is 0.847. The first-order chi connectivity index (χ1) is 7.24. The Bertz CT molecular complexity index is 473. The van der Waals surface area contributed by atoms with E-state index in [1.165, 1.54) is 6.26 Å². The van der Waals surface area contributed by atoms with Crippen molar-refractivity contribution in [1.29, 1.82) is 0 Å². The second-order valence-corrected chi connectivity index (χ2v) is 2.92. The van der Waals surface area contributed by atoms with Gasteiger partial charge in [-0.2, -0.15) is 0 Å². The highest BCUT2D eigenvalue weighted by Gasteiger charge is 2.22. The van der Waals surface area contributed by atoms with Crippen molar-refractivity contribution in [1.82, 2.24) is 10.6 Å². The largest absolute Gasteiger partial charge is 0.461 e. The van der Waals surface area contributed by atoms with Crippen molar-refractivity contribution in [3.8, 4) is 11.5 Å². The van der Waals surface area contributed by atoms with E-state index in [0.29, 0.717) is 11.5 Å². The Labute approximate surface area is 85.0 Å². The van der Waals surface area contributed by atoms with Crippen molar-refractivity contribution < 1.29 is 13.7 Å². The molecule has 0 radical (unpaired) electrons. The molecule has 0 aliphatic carbocycles. The molecule has 6 nitrogen and oxygen atoms in total. The quantitative estimate of drug-likeness (QED) is 0.432. The number of hydrogen-bond acceptors (Lipinski definition) is 5. The number of hydrazine groups is 1. The lowest BCUT2D eigenvalue weighted by atomic mass is 10.1. The second-order valence-electron chi connectivity index (χ2n) is 2.92. The highest BCUT2D eigenvalue weighted by atomic mass is 16.5. The van der Waals surface area contributed by atoms with Crippen LogP contribution in [0.25, 0.3) is 11.5 Å². The Hall–Kier alpha value is -2.08. The molecule has 0 spiro atoms. The molecule has 2 rings (SSSR count). The lowest BCUT2D eigenvalue weighted by molar-refractivity contribution is 0.0953. The molecule has 0 bridgehead atoms. The van der Waals surface area contributed by atoms with Crippen LogP contribution in [0.1, 0.15) is 16.1 Å². The van der Waals surface area contributed by atoms with Crippen molar-refractivity contribution >= 4 is 5.91 Å². The summed E-state index contributed by atoms with van der Waals surface area (Å²) in [5, 5.41) is 3.69. The third kappa shape index (κ3) is 1.50. The fourth-order valence-electron chi connectivity index (χ4n) is 1.29. The number of rotatable bonds is 2. The van der Waals surface area contributed by atoms with Gasteiger partial charge >= 0.3 is 0 Å². The van der Waals surface area contributed by atoms with Gasteiger partial charge in [-0.05, 0) is 19.1 Å². The van der Waals surface area contributed by atoms with Crippen LogP contribution in [0.5, 0.6) is 0 Å². The Morgan fingerprint density at radius 2 is 2.40 bits per heavy atom. The van der Waals surface area contributed by atoms with E-state index in [1.54, 1.807) is 19.1 Å². The number of aromatic nitrogens is 1. The van der Waals surface area contributed by atoms with Gasteiger partial charge in [-0.25, -0.2) is 5.84 Å². The van der Waals surface area contributed by atoms with Gasteiger partial charge in [0.25, 0.3) is 5.91 Å². The van der Waals surface area contributed by atoms with E-state index in [1.807, 2.05) is 5.43 Å². The summed E-state index contributed by atoms with van der Waals surface area (Å²) in [6.45, 7) is 1.65. The minimum Gasteiger partial charge on any atom is -0.461 e. The van der Waals surface area contributed by atoms with Gasteiger partial charge in [-0.1, -0.05) is 5.16 Å². The fourth-order valence-corrected chi connectivity index (χ4v) is 1.29. The Morgan fingerprint density at radius 3 is 3.00 bits per heavy atom. The average molecular weight is 207 g/mol. The molecule has 0 aromatic carbocycles. The number of hydrogen-bond donors (Lipinski definition) is 2. The fraction of sp³-hybridized carbons (Fsp3) is 0.111. The van der Waals surface area contributed by atoms with Crippen LogP contribution < -0.4 is 11.3 Å². The summed E-state index contributed by atoms with van der Waals surface area (Å²) in [5.74, 6) is 5.31. The van der Waals surface area contributed by atoms with Crippen LogP contribution in [0.4, 0.5) is 0 Å². The van der Waals surface area contributed by atoms with Crippen LogP contribution >= 0.6 is 0 Å². The van der Waals surface area contributed by atoms with Crippen LogP contribution in [0.2, 0.25) is 0 Å². The van der Waals surface area contributed by atoms with E-state index in [-0.39, 0.29) is 11.3 Å². The minimum atomic E-state index is -0.458. The molecule has 78 valence electrons. The number of nitrogens with zero attached hydrogens (tertiary/aromatic N) is 1. The zero-order valence-electron chi connectivity index (χ0n) is 7.98. The van der Waals surface area contributed by atoms with Gasteiger partial charge in [0.15, 0.2) is 5.76 Å². The first kappa shape index (κ1) is 9.47. The number of carbonyl (C=O) groups excluding carboxylic acids is 1. The maximum absolute atomic E-state index is 11.4. The molecular formula is C9H9N3O3. The molecular weight excluding hydrogens is 198 g/mol. The molecule has 2 aromatic heterocycles. The molecule has 2 aromatic rings. The summed E-state index contributed by atoms with van der Waals surface area (Å²) in [6.07, 6.45) is 1.48. The number of furan rings is 1. The monoisotopic (exact) mass is 207 g/mol. The molecule has 1 amide bonds. The Morgan fingerprint density at radius 1 is 1.60 bits per heavy atom. The van der Waals surface area contributed by atoms with Crippen LogP contribution in [-0.2, 0) is 0 Å². The lowest BCUT2D eigenvalue weighted by Gasteiger charge is -1.97. The average Bonchev–Trinajstić information content (AvgIpc) is 2.85. The smallest absolute Gasteiger partial charge is 0.271 e. The van der Waals surface area contributed by atoms with Gasteiger partial charge in [0.05, 0.1) is 12.0 Å². The van der Waals surface area contributed by atoms with Gasteiger partial charge in [0.2, 0.25) is 5.76 Å². The Balaban J connectivity index is 2.54. The van der Waals surface area contributed by atoms with E-state index in [9.17, 15) is 4.79 Å². The third-order valence-corrected chi connectivity index (χ3v) is 1.97. The molecule has 6 heteroatoms. The van der Waals surface area contributed by atoms with Crippen LogP contribution in [0.3, 0.4) is 0 Å². The van der Waals surface area contributed by atoms with E-state index in [2.05, 4.69) is 5.16 Å². The van der Waals surface area contributed by atoms with Crippen molar-refractivity contribution in [2.75, 3.05) is 0 Å². The number of carbonyl (C=O) groups is 1. The molecule has 0 fully saturated rings. The van der Waals surface area contributed by atoms with Gasteiger partial charge in [-0.15, -0.1) is 0 Å². The van der Waals surface area contributed by atoms with Crippen molar-refractivity contribution in [3.63, 3.8) is 0 Å². The number of amides is 1. The number of nitrogen functional groups attached to an aromatic ring is 1. The summed E-state index contributed by atoms with van der Waals surface area (Å²) >= 11 is 0. The summed E-state index contributed by atoms with van der Waals surface area (Å²) in [4.78, 5) is 11.4. The molecule has 0 unspecified atom stereocenters. The van der Waals surface area contributed by atoms with Gasteiger partial charge in [0, 0.05) is 0 Å². The van der Waals surface area contributed by atoms with Crippen LogP contribution in [0.15, 0.2) is 27.3 Å². The molecule has 2 heterocycles. The Kier molecular flexibility index (Phi) is 2.26. The van der Waals surface area contributed by atoms with E-state index in [4.69, 9.17) is 14.8 Å². The molecule has 0 saturated heterocycles. The highest BCUT2D eigenvalue weighted by molar-refractivity contribution is 5.99. The molecule has 0 aliphatic rings. The van der Waals surface area contributed by atoms with Crippen LogP contribution in [0, 0.1) is 6.92 Å². The third-order valence-electron chi connectivity index (χ3n) is 1.97. The topological polar surface area (TPSA) is 94.3 Å². The molecule has 15 heavy (non-hydrogen) atoms. The SMILES string of the molecule is Cc1noc(-c2ccco2)c1C(=O)NN. The lowest BCUT2D eigenvalue weighted by Crippen LogP contribution is -2.30. The van der Waals surface area contributed by atoms with Gasteiger partial charge < -0.3 is 8.94 Å². The summed E-state index contributed by atoms with van der Waals surface area (Å²) in [5.41, 5.74) is 2.78. The maximum Gasteiger partial charge on any atom is 0.271 e. The first-order valence-electron chi connectivity index (χ1n) is 4.25. The molecule has 3 N–H and O–H groups in total. The number of nitrogens with one attached hydrogen (secondary N) is 1. The predicted molar refractivity (Wildman–Crippen MR) is 50.6 cm³/mol. The molecule has 0 saturated carbocycles. The summed E-state index contributed by atoms with van der Waals surface area (Å²) < 4.78 is 10.1. The molecule has 0 atom stereocenters. The normalized spacial score (nSPS) is 10.3. The standard InChI is InChI=1S/C9H9N3O3/c1-5-7(9(13)11-10)8(15-12-5)6-3-2-4-14-6/h2-4H,10H2,1H3,(H,11,13). The van der Waals surface area contributed by atoms with Crippen LogP contribution in [-0.4, -0.2) is 11.1 Å². The highest BCUT2D eigenvalue weighted by Crippen LogP contribution is 2.26. The number of nitrogens with two attached hydrogens (primary N) is 1. The number of aryl methyl sites for hydroxylation is 1. The van der Waals surface area contributed by atoms with E-state index in [0.717, 1.165) is 0 Å². The van der Waals surface area contributed by atoms with E-state index < -0.39 is 5.91 Å². The van der Waals surface area contributed by atoms with Crippen molar-refractivity contribution in [3.05, 3.63) is 29.7 Å². The minimum absolute atomic E-state index is 0.278. The maximum atomic E-state index is 11.4. The zero-order valence-corrected chi connectivity index (χ0v) is 7.98. The van der Waals surface area contributed by atoms with Gasteiger partial charge in [-0.3, -0.25) is 10.2 Å². The van der Waals surface area contributed by atoms with E-state index >= 15 is 0 Å². The molecule has 0 aliphatic heterocycles. The summed E-state index contributed by atoms with van der Waals surface area (Å²) in [6, 6.07) is 3.37. The van der Waals surface area contributed by atoms with Gasteiger partial charge in [0.1, 0.15) is 5.56 Å². The summed E-state index contributed by atoms with van der Waals surface area (Å²) in [7, 11) is 0. The van der Waals surface area contributed by atoms with Crippen molar-refractivity contribution in [2.45, 2.75) is 6.92 Å². The second kappa shape index (κ2) is 3.58. The zero-order chi connectivity index (χ0) is 10.8. The first-order valence-corrected chi connectivity index (χ1v) is 4.25. The van der Waals surface area contributed by atoms with Crippen molar-refractivity contribution in [2.24, 2.45) is 5.84 Å².